The van der Waals surface area contributed by atoms with Gasteiger partial charge in [0.05, 0.1) is 19.8 Å². The first kappa shape index (κ1) is 64.7. The quantitative estimate of drug-likeness (QED) is 0.0232. The number of unbranched alkanes of at least 4 members (excludes halogenated alkanes) is 28. The van der Waals surface area contributed by atoms with Crippen molar-refractivity contribution in [3.63, 3.8) is 0 Å². The summed E-state index contributed by atoms with van der Waals surface area (Å²) in [4.78, 5) is 33.7. The first-order valence-corrected chi connectivity index (χ1v) is 28.8. The van der Waals surface area contributed by atoms with Crippen LogP contribution in [0, 0.1) is 0 Å². The highest BCUT2D eigenvalue weighted by Crippen LogP contribution is 2.43. The van der Waals surface area contributed by atoms with Gasteiger partial charge in [-0.15, -0.1) is 0 Å². The molecule has 3 unspecified atom stereocenters. The second-order valence-electron chi connectivity index (χ2n) is 18.3. The van der Waals surface area contributed by atoms with Gasteiger partial charge in [0.15, 0.2) is 0 Å². The molecule has 10 nitrogen and oxygen atoms in total. The Morgan fingerprint density at radius 3 is 1.30 bits per heavy atom. The highest BCUT2D eigenvalue weighted by atomic mass is 31.2. The Bertz CT molecular complexity index is 1300. The Balaban J connectivity index is 4.12. The third kappa shape index (κ3) is 51.4. The van der Waals surface area contributed by atoms with Crippen molar-refractivity contribution in [1.29, 1.82) is 0 Å². The second-order valence-corrected chi connectivity index (χ2v) is 19.8. The van der Waals surface area contributed by atoms with Gasteiger partial charge in [0, 0.05) is 13.0 Å². The molecule has 0 aromatic carbocycles. The summed E-state index contributed by atoms with van der Waals surface area (Å²) >= 11 is 0. The number of carboxylic acids is 1. The van der Waals surface area contributed by atoms with Gasteiger partial charge in [0.1, 0.15) is 12.1 Å². The summed E-state index contributed by atoms with van der Waals surface area (Å²) in [5.41, 5.74) is 5.38. The molecular weight excluding hydrogens is 862 g/mol. The van der Waals surface area contributed by atoms with E-state index in [1.54, 1.807) is 0 Å². The number of ether oxygens (including phenoxy) is 2. The molecule has 0 radical (unpaired) electrons. The number of hydrogen-bond acceptors (Lipinski definition) is 8. The molecule has 11 heteroatoms. The van der Waals surface area contributed by atoms with Crippen LogP contribution in [-0.4, -0.2) is 60.5 Å². The molecule has 0 aliphatic carbocycles. The number of aliphatic carboxylic acids is 1. The number of carboxylic acid groups (broad SMARTS) is 1. The molecule has 3 atom stereocenters. The van der Waals surface area contributed by atoms with E-state index in [1.165, 1.54) is 135 Å². The lowest BCUT2D eigenvalue weighted by Crippen LogP contribution is -2.34. The predicted molar refractivity (Wildman–Crippen MR) is 281 cm³/mol. The maximum atomic E-state index is 12.7. The Hall–Kier alpha value is -2.33. The molecule has 0 rings (SSSR count). The zero-order valence-corrected chi connectivity index (χ0v) is 43.9. The van der Waals surface area contributed by atoms with E-state index >= 15 is 0 Å². The number of esters is 1. The first-order valence-electron chi connectivity index (χ1n) is 27.3. The molecular formula is C56H102NO9P. The van der Waals surface area contributed by atoms with E-state index in [0.717, 1.165) is 83.5 Å². The largest absolute Gasteiger partial charge is 0.480 e. The van der Waals surface area contributed by atoms with Crippen LogP contribution >= 0.6 is 7.82 Å². The van der Waals surface area contributed by atoms with Crippen molar-refractivity contribution in [3.8, 4) is 0 Å². The number of nitrogens with two attached hydrogens (primary N) is 1. The van der Waals surface area contributed by atoms with Gasteiger partial charge >= 0.3 is 19.8 Å². The maximum Gasteiger partial charge on any atom is 0.472 e. The van der Waals surface area contributed by atoms with Crippen molar-refractivity contribution in [3.05, 3.63) is 60.8 Å². The highest BCUT2D eigenvalue weighted by molar-refractivity contribution is 7.47. The number of hydrogen-bond donors (Lipinski definition) is 3. The molecule has 0 bridgehead atoms. The molecule has 0 aliphatic heterocycles. The molecule has 0 heterocycles. The summed E-state index contributed by atoms with van der Waals surface area (Å²) in [6.45, 7) is 3.78. The van der Waals surface area contributed by atoms with Crippen LogP contribution in [0.2, 0.25) is 0 Å². The average Bonchev–Trinajstić information content (AvgIpc) is 3.31. The minimum Gasteiger partial charge on any atom is -0.480 e. The molecule has 0 saturated carbocycles. The summed E-state index contributed by atoms with van der Waals surface area (Å²) in [7, 11) is -4.63. The fraction of sp³-hybridized carbons (Fsp3) is 0.786. The van der Waals surface area contributed by atoms with Crippen molar-refractivity contribution >= 4 is 19.8 Å². The molecule has 0 amide bonds. The fourth-order valence-electron chi connectivity index (χ4n) is 7.63. The van der Waals surface area contributed by atoms with Gasteiger partial charge in [0.25, 0.3) is 0 Å². The van der Waals surface area contributed by atoms with E-state index in [4.69, 9.17) is 29.4 Å². The Morgan fingerprint density at radius 1 is 0.493 bits per heavy atom. The van der Waals surface area contributed by atoms with E-state index in [0.29, 0.717) is 13.0 Å². The number of carbonyl (C=O) groups is 2. The molecule has 0 saturated heterocycles. The maximum absolute atomic E-state index is 12.7. The molecule has 0 fully saturated rings. The van der Waals surface area contributed by atoms with Gasteiger partial charge in [-0.3, -0.25) is 18.6 Å². The number of rotatable bonds is 52. The van der Waals surface area contributed by atoms with E-state index in [9.17, 15) is 19.0 Å². The molecule has 0 aromatic heterocycles. The van der Waals surface area contributed by atoms with Gasteiger partial charge in [-0.2, -0.15) is 0 Å². The van der Waals surface area contributed by atoms with Crippen LogP contribution in [-0.2, 0) is 32.7 Å². The van der Waals surface area contributed by atoms with Crippen molar-refractivity contribution in [2.45, 2.75) is 257 Å². The third-order valence-corrected chi connectivity index (χ3v) is 12.8. The van der Waals surface area contributed by atoms with E-state index in [-0.39, 0.29) is 13.0 Å². The highest BCUT2D eigenvalue weighted by Gasteiger charge is 2.27. The molecule has 0 aliphatic rings. The summed E-state index contributed by atoms with van der Waals surface area (Å²) in [6.07, 6.45) is 64.3. The lowest BCUT2D eigenvalue weighted by molar-refractivity contribution is -0.154. The second kappa shape index (κ2) is 51.5. The van der Waals surface area contributed by atoms with Crippen molar-refractivity contribution < 1.29 is 42.7 Å². The molecule has 4 N–H and O–H groups in total. The zero-order valence-electron chi connectivity index (χ0n) is 43.0. The lowest BCUT2D eigenvalue weighted by Gasteiger charge is -2.20. The van der Waals surface area contributed by atoms with E-state index < -0.39 is 45.1 Å². The smallest absolute Gasteiger partial charge is 0.472 e. The SMILES string of the molecule is CC/C=C\C/C=C\C/C=C\C/C=C\C/C=C\CCCCCCCC(=O)OC(COCCCCCCCCCCCCCCCCCCCCCCCCCC)COP(=O)(O)OCC(N)C(=O)O. The number of allylic oxidation sites excluding steroid dienone is 10. The van der Waals surface area contributed by atoms with Crippen LogP contribution in [0.1, 0.15) is 245 Å². The number of phosphoric ester groups is 1. The number of carbonyl (C=O) groups excluding carboxylic acids is 1. The Morgan fingerprint density at radius 2 is 0.866 bits per heavy atom. The van der Waals surface area contributed by atoms with Gasteiger partial charge in [-0.05, 0) is 57.8 Å². The molecule has 0 aromatic rings. The zero-order chi connectivity index (χ0) is 49.0. The van der Waals surface area contributed by atoms with E-state index in [2.05, 4.69) is 74.6 Å². The van der Waals surface area contributed by atoms with Gasteiger partial charge in [-0.1, -0.05) is 242 Å². The average molecular weight is 964 g/mol. The summed E-state index contributed by atoms with van der Waals surface area (Å²) in [5, 5.41) is 8.94. The summed E-state index contributed by atoms with van der Waals surface area (Å²) < 4.78 is 33.6. The minimum absolute atomic E-state index is 0.00946. The van der Waals surface area contributed by atoms with Gasteiger partial charge in [0.2, 0.25) is 0 Å². The number of phosphoric acid groups is 1. The van der Waals surface area contributed by atoms with Crippen LogP contribution < -0.4 is 5.73 Å². The monoisotopic (exact) mass is 964 g/mol. The standard InChI is InChI=1S/C56H102NO9P/c1-3-5-7-9-11-13-15-17-19-21-23-25-26-27-29-31-33-35-37-39-41-43-45-47-49-63-50-53(51-64-67(61,62)65-52-54(57)56(59)60)66-55(58)48-46-44-42-40-38-36-34-32-30-28-24-22-20-18-16-14-12-10-8-6-4-2/h6,8,12,14,18,20,24,28,32,34,53-54H,3-5,7,9-11,13,15-17,19,21-23,25-27,29-31,33,35-52,57H2,1-2H3,(H,59,60)(H,61,62)/b8-6-,14-12-,20-18-,28-24-,34-32-. The Kier molecular flexibility index (Phi) is 49.7. The van der Waals surface area contributed by atoms with Gasteiger partial charge in [-0.25, -0.2) is 4.57 Å². The van der Waals surface area contributed by atoms with Crippen LogP contribution in [0.5, 0.6) is 0 Å². The molecule has 390 valence electrons. The van der Waals surface area contributed by atoms with Crippen LogP contribution in [0.4, 0.5) is 0 Å². The van der Waals surface area contributed by atoms with Crippen LogP contribution in [0.15, 0.2) is 60.8 Å². The van der Waals surface area contributed by atoms with E-state index in [1.807, 2.05) is 0 Å². The van der Waals surface area contributed by atoms with Crippen molar-refractivity contribution in [1.82, 2.24) is 0 Å². The van der Waals surface area contributed by atoms with Crippen LogP contribution in [0.25, 0.3) is 0 Å². The first-order chi connectivity index (χ1) is 32.7. The topological polar surface area (TPSA) is 155 Å². The molecule has 0 spiro atoms. The lowest BCUT2D eigenvalue weighted by atomic mass is 10.0. The van der Waals surface area contributed by atoms with Crippen molar-refractivity contribution in [2.75, 3.05) is 26.4 Å². The fourth-order valence-corrected chi connectivity index (χ4v) is 8.41. The third-order valence-electron chi connectivity index (χ3n) is 11.8. The van der Waals surface area contributed by atoms with Gasteiger partial charge < -0.3 is 25.2 Å². The summed E-state index contributed by atoms with van der Waals surface area (Å²) in [6, 6.07) is -1.48. The normalized spacial score (nSPS) is 14.1. The summed E-state index contributed by atoms with van der Waals surface area (Å²) in [5.74, 6) is -1.79. The Labute approximate surface area is 411 Å². The molecule has 67 heavy (non-hydrogen) atoms. The van der Waals surface area contributed by atoms with Crippen molar-refractivity contribution in [2.24, 2.45) is 5.73 Å². The minimum atomic E-state index is -4.63. The van der Waals surface area contributed by atoms with Crippen LogP contribution in [0.3, 0.4) is 0 Å². The predicted octanol–water partition coefficient (Wildman–Crippen LogP) is 16.3.